The molecule has 0 aliphatic carbocycles. The van der Waals surface area contributed by atoms with Crippen LogP contribution >= 0.6 is 0 Å². The van der Waals surface area contributed by atoms with Crippen molar-refractivity contribution in [3.8, 4) is 0 Å². The molecule has 70 valence electrons. The van der Waals surface area contributed by atoms with Crippen molar-refractivity contribution in [1.29, 1.82) is 0 Å². The summed E-state index contributed by atoms with van der Waals surface area (Å²) in [6.07, 6.45) is 0. The molecule has 0 atom stereocenters. The van der Waals surface area contributed by atoms with E-state index in [0.717, 1.165) is 11.1 Å². The second-order valence-electron chi connectivity index (χ2n) is 2.96. The Bertz CT molecular complexity index is 347. The number of aryl methyl sites for hydroxylation is 1. The Morgan fingerprint density at radius 2 is 2.00 bits per heavy atom. The summed E-state index contributed by atoms with van der Waals surface area (Å²) >= 11 is 0. The average Bonchev–Trinajstić information content (AvgIpc) is 2.05. The lowest BCUT2D eigenvalue weighted by Crippen LogP contribution is -2.20. The molecule has 0 bridgehead atoms. The van der Waals surface area contributed by atoms with Crippen molar-refractivity contribution in [2.24, 2.45) is 5.73 Å². The molecule has 0 aliphatic heterocycles. The molecular formula is C9H13N3O. The molecule has 13 heavy (non-hydrogen) atoms. The molecule has 0 radical (unpaired) electrons. The fourth-order valence-corrected chi connectivity index (χ4v) is 1.18. The summed E-state index contributed by atoms with van der Waals surface area (Å²) in [5, 5.41) is 2.54. The molecule has 1 aromatic rings. The molecule has 0 saturated carbocycles. The molecule has 1 rings (SSSR count). The first-order valence-corrected chi connectivity index (χ1v) is 3.94. The van der Waals surface area contributed by atoms with Crippen LogP contribution in [0, 0.1) is 13.8 Å². The molecule has 2 amide bonds. The highest BCUT2D eigenvalue weighted by atomic mass is 16.2. The van der Waals surface area contributed by atoms with Crippen molar-refractivity contribution in [2.75, 3.05) is 11.1 Å². The van der Waals surface area contributed by atoms with Gasteiger partial charge in [-0.2, -0.15) is 0 Å². The zero-order valence-corrected chi connectivity index (χ0v) is 7.72. The number of nitrogen functional groups attached to an aromatic ring is 1. The van der Waals surface area contributed by atoms with Crippen LogP contribution in [0.4, 0.5) is 16.2 Å². The first-order valence-electron chi connectivity index (χ1n) is 3.94. The number of nitrogens with one attached hydrogen (secondary N) is 1. The van der Waals surface area contributed by atoms with Gasteiger partial charge < -0.3 is 16.8 Å². The van der Waals surface area contributed by atoms with E-state index in [9.17, 15) is 4.79 Å². The SMILES string of the molecule is Cc1ccc(N)c(C)c1NC(N)=O. The van der Waals surface area contributed by atoms with Gasteiger partial charge in [-0.05, 0) is 31.0 Å². The van der Waals surface area contributed by atoms with Crippen LogP contribution in [-0.2, 0) is 0 Å². The third-order valence-electron chi connectivity index (χ3n) is 1.96. The lowest BCUT2D eigenvalue weighted by Gasteiger charge is -2.11. The predicted molar refractivity (Wildman–Crippen MR) is 53.5 cm³/mol. The Hall–Kier alpha value is -1.71. The summed E-state index contributed by atoms with van der Waals surface area (Å²) in [5.74, 6) is 0. The predicted octanol–water partition coefficient (Wildman–Crippen LogP) is 1.38. The van der Waals surface area contributed by atoms with Crippen LogP contribution < -0.4 is 16.8 Å². The Morgan fingerprint density at radius 1 is 1.38 bits per heavy atom. The van der Waals surface area contributed by atoms with Gasteiger partial charge in [0.1, 0.15) is 0 Å². The van der Waals surface area contributed by atoms with E-state index < -0.39 is 6.03 Å². The molecule has 0 fully saturated rings. The number of benzene rings is 1. The van der Waals surface area contributed by atoms with Crippen LogP contribution in [0.5, 0.6) is 0 Å². The van der Waals surface area contributed by atoms with Crippen molar-refractivity contribution in [3.05, 3.63) is 23.3 Å². The standard InChI is InChI=1S/C9H13N3O/c1-5-3-4-7(10)6(2)8(5)12-9(11)13/h3-4H,10H2,1-2H3,(H3,11,12,13). The smallest absolute Gasteiger partial charge is 0.316 e. The third kappa shape index (κ3) is 1.90. The lowest BCUT2D eigenvalue weighted by atomic mass is 10.1. The second-order valence-corrected chi connectivity index (χ2v) is 2.96. The molecule has 4 heteroatoms. The van der Waals surface area contributed by atoms with E-state index in [1.165, 1.54) is 0 Å². The van der Waals surface area contributed by atoms with Crippen LogP contribution in [0.3, 0.4) is 0 Å². The zero-order valence-electron chi connectivity index (χ0n) is 7.72. The van der Waals surface area contributed by atoms with Crippen molar-refractivity contribution < 1.29 is 4.79 Å². The average molecular weight is 179 g/mol. The number of carbonyl (C=O) groups is 1. The normalized spacial score (nSPS) is 9.69. The topological polar surface area (TPSA) is 81.1 Å². The lowest BCUT2D eigenvalue weighted by molar-refractivity contribution is 0.259. The van der Waals surface area contributed by atoms with Gasteiger partial charge in [0.2, 0.25) is 0 Å². The number of urea groups is 1. The summed E-state index contributed by atoms with van der Waals surface area (Å²) in [6, 6.07) is 3.07. The van der Waals surface area contributed by atoms with Crippen LogP contribution in [0.15, 0.2) is 12.1 Å². The number of rotatable bonds is 1. The van der Waals surface area contributed by atoms with Crippen molar-refractivity contribution in [3.63, 3.8) is 0 Å². The van der Waals surface area contributed by atoms with Crippen LogP contribution in [0.25, 0.3) is 0 Å². The summed E-state index contributed by atoms with van der Waals surface area (Å²) < 4.78 is 0. The fourth-order valence-electron chi connectivity index (χ4n) is 1.18. The van der Waals surface area contributed by atoms with E-state index in [-0.39, 0.29) is 0 Å². The minimum Gasteiger partial charge on any atom is -0.398 e. The summed E-state index contributed by atoms with van der Waals surface area (Å²) in [6.45, 7) is 3.73. The quantitative estimate of drug-likeness (QED) is 0.569. The molecule has 0 saturated heterocycles. The van der Waals surface area contributed by atoms with E-state index >= 15 is 0 Å². The molecule has 1 aromatic carbocycles. The van der Waals surface area contributed by atoms with Crippen LogP contribution in [0.2, 0.25) is 0 Å². The van der Waals surface area contributed by atoms with Gasteiger partial charge in [0.05, 0.1) is 5.69 Å². The Labute approximate surface area is 76.9 Å². The van der Waals surface area contributed by atoms with Crippen molar-refractivity contribution in [2.45, 2.75) is 13.8 Å². The summed E-state index contributed by atoms with van der Waals surface area (Å²) in [5.41, 5.74) is 13.8. The maximum Gasteiger partial charge on any atom is 0.316 e. The Balaban J connectivity index is 3.17. The highest BCUT2D eigenvalue weighted by Gasteiger charge is 2.06. The maximum atomic E-state index is 10.7. The van der Waals surface area contributed by atoms with Gasteiger partial charge >= 0.3 is 6.03 Å². The summed E-state index contributed by atoms with van der Waals surface area (Å²) in [4.78, 5) is 10.7. The molecule has 5 N–H and O–H groups in total. The number of anilines is 2. The highest BCUT2D eigenvalue weighted by Crippen LogP contribution is 2.24. The number of hydrogen-bond acceptors (Lipinski definition) is 2. The number of carbonyl (C=O) groups excluding carboxylic acids is 1. The van der Waals surface area contributed by atoms with Gasteiger partial charge in [-0.25, -0.2) is 4.79 Å². The van der Waals surface area contributed by atoms with E-state index in [4.69, 9.17) is 11.5 Å². The van der Waals surface area contributed by atoms with E-state index in [1.807, 2.05) is 19.9 Å². The number of nitrogens with two attached hydrogens (primary N) is 2. The minimum atomic E-state index is -0.572. The molecule has 0 spiro atoms. The van der Waals surface area contributed by atoms with Crippen LogP contribution in [-0.4, -0.2) is 6.03 Å². The number of primary amides is 1. The van der Waals surface area contributed by atoms with Gasteiger partial charge in [-0.15, -0.1) is 0 Å². The number of amides is 2. The first kappa shape index (κ1) is 9.38. The van der Waals surface area contributed by atoms with Crippen molar-refractivity contribution >= 4 is 17.4 Å². The third-order valence-corrected chi connectivity index (χ3v) is 1.96. The Kier molecular flexibility index (Phi) is 2.41. The van der Waals surface area contributed by atoms with E-state index in [2.05, 4.69) is 5.32 Å². The highest BCUT2D eigenvalue weighted by molar-refractivity contribution is 5.90. The molecule has 0 aliphatic rings. The van der Waals surface area contributed by atoms with E-state index in [0.29, 0.717) is 11.4 Å². The number of hydrogen-bond donors (Lipinski definition) is 3. The fraction of sp³-hybridized carbons (Fsp3) is 0.222. The molecule has 4 nitrogen and oxygen atoms in total. The monoisotopic (exact) mass is 179 g/mol. The molecule has 0 aromatic heterocycles. The molecule has 0 heterocycles. The largest absolute Gasteiger partial charge is 0.398 e. The Morgan fingerprint density at radius 3 is 2.54 bits per heavy atom. The second kappa shape index (κ2) is 3.35. The first-order chi connectivity index (χ1) is 6.02. The van der Waals surface area contributed by atoms with Crippen LogP contribution in [0.1, 0.15) is 11.1 Å². The zero-order chi connectivity index (χ0) is 10.0. The summed E-state index contributed by atoms with van der Waals surface area (Å²) in [7, 11) is 0. The van der Waals surface area contributed by atoms with Gasteiger partial charge in [-0.1, -0.05) is 6.07 Å². The van der Waals surface area contributed by atoms with Gasteiger partial charge in [-0.3, -0.25) is 0 Å². The van der Waals surface area contributed by atoms with E-state index in [1.54, 1.807) is 6.07 Å². The van der Waals surface area contributed by atoms with Gasteiger partial charge in [0, 0.05) is 5.69 Å². The van der Waals surface area contributed by atoms with Gasteiger partial charge in [0.25, 0.3) is 0 Å². The maximum absolute atomic E-state index is 10.7. The minimum absolute atomic E-state index is 0.572. The molecule has 0 unspecified atom stereocenters. The van der Waals surface area contributed by atoms with Crippen molar-refractivity contribution in [1.82, 2.24) is 0 Å². The van der Waals surface area contributed by atoms with Gasteiger partial charge in [0.15, 0.2) is 0 Å². The molecular weight excluding hydrogens is 166 g/mol.